The van der Waals surface area contributed by atoms with Crippen molar-refractivity contribution in [2.45, 2.75) is 12.5 Å². The summed E-state index contributed by atoms with van der Waals surface area (Å²) in [5.74, 6) is 0.694. The number of rotatable bonds is 2. The predicted molar refractivity (Wildman–Crippen MR) is 57.0 cm³/mol. The minimum absolute atomic E-state index is 0.0711. The Bertz CT molecular complexity index is 423. The molecule has 1 aliphatic rings. The molecule has 1 aliphatic heterocycles. The lowest BCUT2D eigenvalue weighted by atomic mass is 10.00. The van der Waals surface area contributed by atoms with Crippen molar-refractivity contribution in [3.63, 3.8) is 0 Å². The molecule has 1 aromatic rings. The maximum atomic E-state index is 10.6. The number of benzene rings is 1. The molecule has 0 saturated carbocycles. The number of aliphatic hydroxyl groups is 1. The van der Waals surface area contributed by atoms with Crippen LogP contribution in [0.25, 0.3) is 6.08 Å². The van der Waals surface area contributed by atoms with Crippen LogP contribution >= 0.6 is 0 Å². The average molecular weight is 204 g/mol. The number of carbonyl (C=O) groups is 1. The molecule has 0 radical (unpaired) electrons. The lowest BCUT2D eigenvalue weighted by molar-refractivity contribution is 0.0641. The molecule has 0 spiro atoms. The van der Waals surface area contributed by atoms with E-state index in [2.05, 4.69) is 0 Å². The summed E-state index contributed by atoms with van der Waals surface area (Å²) < 4.78 is 5.62. The Balaban J connectivity index is 2.40. The summed E-state index contributed by atoms with van der Waals surface area (Å²) in [6.45, 7) is 1.73. The van der Waals surface area contributed by atoms with E-state index in [0.717, 1.165) is 11.8 Å². The van der Waals surface area contributed by atoms with Gasteiger partial charge in [-0.25, -0.2) is 0 Å². The zero-order valence-electron chi connectivity index (χ0n) is 8.43. The number of ether oxygens (including phenoxy) is 1. The van der Waals surface area contributed by atoms with Gasteiger partial charge in [-0.1, -0.05) is 6.08 Å². The van der Waals surface area contributed by atoms with Crippen LogP contribution in [0.15, 0.2) is 24.3 Å². The molecule has 0 fully saturated rings. The van der Waals surface area contributed by atoms with Gasteiger partial charge < -0.3 is 9.84 Å². The van der Waals surface area contributed by atoms with E-state index in [4.69, 9.17) is 9.84 Å². The number of aliphatic hydroxyl groups excluding tert-OH is 1. The van der Waals surface area contributed by atoms with E-state index in [1.165, 1.54) is 0 Å². The van der Waals surface area contributed by atoms with E-state index >= 15 is 0 Å². The molecule has 0 bridgehead atoms. The van der Waals surface area contributed by atoms with Crippen LogP contribution in [-0.2, 0) is 0 Å². The van der Waals surface area contributed by atoms with Gasteiger partial charge in [0.05, 0.1) is 6.61 Å². The molecule has 1 heterocycles. The van der Waals surface area contributed by atoms with Crippen molar-refractivity contribution in [2.24, 2.45) is 0 Å². The topological polar surface area (TPSA) is 46.5 Å². The predicted octanol–water partition coefficient (Wildman–Crippen LogP) is 1.66. The number of carbonyl (C=O) groups excluding carboxylic acids is 1. The first-order valence-corrected chi connectivity index (χ1v) is 4.75. The second-order valence-electron chi connectivity index (χ2n) is 3.82. The van der Waals surface area contributed by atoms with E-state index in [9.17, 15) is 4.79 Å². The van der Waals surface area contributed by atoms with Gasteiger partial charge in [-0.2, -0.15) is 0 Å². The smallest absolute Gasteiger partial charge is 0.150 e. The summed E-state index contributed by atoms with van der Waals surface area (Å²) in [4.78, 5) is 10.6. The molecular formula is C12H12O3. The zero-order chi connectivity index (χ0) is 10.9. The summed E-state index contributed by atoms with van der Waals surface area (Å²) >= 11 is 0. The monoisotopic (exact) mass is 204 g/mol. The Labute approximate surface area is 88.0 Å². The SMILES string of the molecule is C[C@@]1(CO)C=Cc2cc(C=O)ccc2O1. The highest BCUT2D eigenvalue weighted by Gasteiger charge is 2.26. The van der Waals surface area contributed by atoms with Crippen LogP contribution in [0.2, 0.25) is 0 Å². The van der Waals surface area contributed by atoms with E-state index in [1.54, 1.807) is 31.2 Å². The van der Waals surface area contributed by atoms with Gasteiger partial charge in [-0.05, 0) is 31.2 Å². The van der Waals surface area contributed by atoms with Crippen LogP contribution < -0.4 is 4.74 Å². The Kier molecular flexibility index (Phi) is 2.32. The maximum Gasteiger partial charge on any atom is 0.150 e. The molecule has 3 nitrogen and oxygen atoms in total. The van der Waals surface area contributed by atoms with Crippen molar-refractivity contribution in [1.29, 1.82) is 0 Å². The largest absolute Gasteiger partial charge is 0.480 e. The van der Waals surface area contributed by atoms with Crippen molar-refractivity contribution in [3.8, 4) is 5.75 Å². The van der Waals surface area contributed by atoms with Crippen molar-refractivity contribution >= 4 is 12.4 Å². The third kappa shape index (κ3) is 1.78. The van der Waals surface area contributed by atoms with E-state index in [1.807, 2.05) is 6.08 Å². The zero-order valence-corrected chi connectivity index (χ0v) is 8.43. The fourth-order valence-electron chi connectivity index (χ4n) is 1.50. The minimum Gasteiger partial charge on any atom is -0.480 e. The van der Waals surface area contributed by atoms with Crippen LogP contribution in [-0.4, -0.2) is 23.6 Å². The molecule has 3 heteroatoms. The van der Waals surface area contributed by atoms with Crippen LogP contribution in [0.5, 0.6) is 5.75 Å². The minimum atomic E-state index is -0.657. The molecule has 1 aromatic carbocycles. The number of hydrogen-bond donors (Lipinski definition) is 1. The van der Waals surface area contributed by atoms with Gasteiger partial charge in [0.25, 0.3) is 0 Å². The Morgan fingerprint density at radius 3 is 3.00 bits per heavy atom. The lowest BCUT2D eigenvalue weighted by Gasteiger charge is -2.29. The van der Waals surface area contributed by atoms with Gasteiger partial charge >= 0.3 is 0 Å². The third-order valence-corrected chi connectivity index (χ3v) is 2.44. The number of hydrogen-bond acceptors (Lipinski definition) is 3. The van der Waals surface area contributed by atoms with Crippen LogP contribution in [0.1, 0.15) is 22.8 Å². The van der Waals surface area contributed by atoms with Gasteiger partial charge in [-0.15, -0.1) is 0 Å². The van der Waals surface area contributed by atoms with Crippen molar-refractivity contribution in [2.75, 3.05) is 6.61 Å². The Morgan fingerprint density at radius 1 is 1.53 bits per heavy atom. The van der Waals surface area contributed by atoms with Crippen molar-refractivity contribution in [3.05, 3.63) is 35.4 Å². The summed E-state index contributed by atoms with van der Waals surface area (Å²) in [6, 6.07) is 5.20. The van der Waals surface area contributed by atoms with Gasteiger partial charge in [0.1, 0.15) is 17.6 Å². The summed E-state index contributed by atoms with van der Waals surface area (Å²) in [5, 5.41) is 9.14. The molecule has 2 rings (SSSR count). The number of aldehydes is 1. The molecule has 0 aliphatic carbocycles. The first-order chi connectivity index (χ1) is 7.17. The third-order valence-electron chi connectivity index (χ3n) is 2.44. The molecule has 0 amide bonds. The van der Waals surface area contributed by atoms with Crippen molar-refractivity contribution < 1.29 is 14.6 Å². The lowest BCUT2D eigenvalue weighted by Crippen LogP contribution is -2.35. The molecule has 0 saturated heterocycles. The first kappa shape index (κ1) is 9.93. The summed E-state index contributed by atoms with van der Waals surface area (Å²) in [6.07, 6.45) is 4.46. The van der Waals surface area contributed by atoms with E-state index in [0.29, 0.717) is 11.3 Å². The quantitative estimate of drug-likeness (QED) is 0.745. The highest BCUT2D eigenvalue weighted by atomic mass is 16.5. The number of fused-ring (bicyclic) bond motifs is 1. The van der Waals surface area contributed by atoms with E-state index in [-0.39, 0.29) is 6.61 Å². The van der Waals surface area contributed by atoms with Crippen LogP contribution in [0, 0.1) is 0 Å². The average Bonchev–Trinajstić information content (AvgIpc) is 2.28. The molecule has 1 N–H and O–H groups in total. The summed E-state index contributed by atoms with van der Waals surface area (Å²) in [5.41, 5.74) is 0.829. The molecular weight excluding hydrogens is 192 g/mol. The van der Waals surface area contributed by atoms with Crippen molar-refractivity contribution in [1.82, 2.24) is 0 Å². The highest BCUT2D eigenvalue weighted by Crippen LogP contribution is 2.30. The molecule has 78 valence electrons. The molecule has 0 unspecified atom stereocenters. The standard InChI is InChI=1S/C12H12O3/c1-12(8-14)5-4-10-6-9(7-13)2-3-11(10)15-12/h2-7,14H,8H2,1H3/t12-/m0/s1. The Hall–Kier alpha value is -1.61. The fourth-order valence-corrected chi connectivity index (χ4v) is 1.50. The second-order valence-corrected chi connectivity index (χ2v) is 3.82. The van der Waals surface area contributed by atoms with Gasteiger partial charge in [0, 0.05) is 11.1 Å². The molecule has 15 heavy (non-hydrogen) atoms. The van der Waals surface area contributed by atoms with Crippen LogP contribution in [0.3, 0.4) is 0 Å². The van der Waals surface area contributed by atoms with Crippen LogP contribution in [0.4, 0.5) is 0 Å². The first-order valence-electron chi connectivity index (χ1n) is 4.75. The van der Waals surface area contributed by atoms with Gasteiger partial charge in [-0.3, -0.25) is 4.79 Å². The van der Waals surface area contributed by atoms with Gasteiger partial charge in [0.15, 0.2) is 0 Å². The summed E-state index contributed by atoms with van der Waals surface area (Å²) in [7, 11) is 0. The molecule has 0 aromatic heterocycles. The van der Waals surface area contributed by atoms with Gasteiger partial charge in [0.2, 0.25) is 0 Å². The maximum absolute atomic E-state index is 10.6. The molecule has 1 atom stereocenters. The van der Waals surface area contributed by atoms with E-state index < -0.39 is 5.60 Å². The normalized spacial score (nSPS) is 23.1. The Morgan fingerprint density at radius 2 is 2.33 bits per heavy atom. The second kappa shape index (κ2) is 3.51. The highest BCUT2D eigenvalue weighted by molar-refractivity contribution is 5.78. The fraction of sp³-hybridized carbons (Fsp3) is 0.250.